The Hall–Kier alpha value is -0.770. The predicted molar refractivity (Wildman–Crippen MR) is 81.1 cm³/mol. The SMILES string of the molecule is CCNCc1ccc(N2CCCOC(C)C2)cc1Cl. The number of rotatable bonds is 4. The van der Waals surface area contributed by atoms with Crippen LogP contribution in [0, 0.1) is 0 Å². The van der Waals surface area contributed by atoms with E-state index in [1.54, 1.807) is 0 Å². The summed E-state index contributed by atoms with van der Waals surface area (Å²) in [7, 11) is 0. The van der Waals surface area contributed by atoms with Crippen LogP contribution >= 0.6 is 11.6 Å². The van der Waals surface area contributed by atoms with Crippen molar-refractivity contribution in [2.75, 3.05) is 31.1 Å². The molecule has 0 aromatic heterocycles. The minimum absolute atomic E-state index is 0.280. The number of nitrogens with one attached hydrogen (secondary N) is 1. The average Bonchev–Trinajstić information content (AvgIpc) is 2.62. The van der Waals surface area contributed by atoms with E-state index >= 15 is 0 Å². The summed E-state index contributed by atoms with van der Waals surface area (Å²) in [4.78, 5) is 2.36. The number of hydrogen-bond acceptors (Lipinski definition) is 3. The van der Waals surface area contributed by atoms with Gasteiger partial charge in [-0.05, 0) is 37.6 Å². The molecule has 1 aliphatic rings. The van der Waals surface area contributed by atoms with E-state index < -0.39 is 0 Å². The van der Waals surface area contributed by atoms with Crippen molar-refractivity contribution < 1.29 is 4.74 Å². The highest BCUT2D eigenvalue weighted by atomic mass is 35.5. The maximum absolute atomic E-state index is 6.36. The number of halogens is 1. The summed E-state index contributed by atoms with van der Waals surface area (Å²) < 4.78 is 5.68. The number of ether oxygens (including phenoxy) is 1. The summed E-state index contributed by atoms with van der Waals surface area (Å²) in [6.07, 6.45) is 1.35. The van der Waals surface area contributed by atoms with E-state index in [0.717, 1.165) is 49.8 Å². The van der Waals surface area contributed by atoms with Gasteiger partial charge in [0, 0.05) is 37.0 Å². The normalized spacial score (nSPS) is 20.4. The molecule has 1 atom stereocenters. The second-order valence-electron chi connectivity index (χ2n) is 5.04. The molecular weight excluding hydrogens is 260 g/mol. The minimum atomic E-state index is 0.280. The van der Waals surface area contributed by atoms with Gasteiger partial charge in [-0.2, -0.15) is 0 Å². The Morgan fingerprint density at radius 2 is 2.32 bits per heavy atom. The van der Waals surface area contributed by atoms with Crippen molar-refractivity contribution in [1.82, 2.24) is 5.32 Å². The van der Waals surface area contributed by atoms with Gasteiger partial charge in [0.25, 0.3) is 0 Å². The summed E-state index contributed by atoms with van der Waals surface area (Å²) in [6, 6.07) is 6.36. The van der Waals surface area contributed by atoms with Gasteiger partial charge < -0.3 is 15.0 Å². The molecule has 0 amide bonds. The molecule has 1 unspecified atom stereocenters. The van der Waals surface area contributed by atoms with Gasteiger partial charge in [0.05, 0.1) is 6.10 Å². The summed E-state index contributed by atoms with van der Waals surface area (Å²) in [5.74, 6) is 0. The van der Waals surface area contributed by atoms with Crippen LogP contribution in [-0.4, -0.2) is 32.3 Å². The van der Waals surface area contributed by atoms with Crippen LogP contribution in [0.25, 0.3) is 0 Å². The van der Waals surface area contributed by atoms with Gasteiger partial charge in [-0.25, -0.2) is 0 Å². The van der Waals surface area contributed by atoms with Crippen LogP contribution < -0.4 is 10.2 Å². The molecule has 1 N–H and O–H groups in total. The van der Waals surface area contributed by atoms with Crippen molar-refractivity contribution in [3.8, 4) is 0 Å². The Kier molecular flexibility index (Phi) is 5.49. The summed E-state index contributed by atoms with van der Waals surface area (Å²) in [6.45, 7) is 8.83. The minimum Gasteiger partial charge on any atom is -0.377 e. The van der Waals surface area contributed by atoms with Crippen molar-refractivity contribution in [3.63, 3.8) is 0 Å². The van der Waals surface area contributed by atoms with E-state index in [4.69, 9.17) is 16.3 Å². The fourth-order valence-corrected chi connectivity index (χ4v) is 2.61. The fraction of sp³-hybridized carbons (Fsp3) is 0.600. The van der Waals surface area contributed by atoms with Crippen molar-refractivity contribution >= 4 is 17.3 Å². The van der Waals surface area contributed by atoms with E-state index in [0.29, 0.717) is 0 Å². The zero-order valence-corrected chi connectivity index (χ0v) is 12.5. The zero-order valence-electron chi connectivity index (χ0n) is 11.8. The highest BCUT2D eigenvalue weighted by Crippen LogP contribution is 2.25. The first-order valence-electron chi connectivity index (χ1n) is 7.06. The second-order valence-corrected chi connectivity index (χ2v) is 5.44. The molecule has 1 aromatic rings. The van der Waals surface area contributed by atoms with Crippen LogP contribution in [0.2, 0.25) is 5.02 Å². The molecule has 1 aliphatic heterocycles. The topological polar surface area (TPSA) is 24.5 Å². The van der Waals surface area contributed by atoms with Crippen molar-refractivity contribution in [2.24, 2.45) is 0 Å². The molecule has 0 saturated carbocycles. The quantitative estimate of drug-likeness (QED) is 0.919. The Bertz CT molecular complexity index is 411. The van der Waals surface area contributed by atoms with Gasteiger partial charge in [-0.3, -0.25) is 0 Å². The number of anilines is 1. The van der Waals surface area contributed by atoms with Crippen molar-refractivity contribution in [3.05, 3.63) is 28.8 Å². The van der Waals surface area contributed by atoms with Crippen molar-refractivity contribution in [1.29, 1.82) is 0 Å². The van der Waals surface area contributed by atoms with E-state index in [1.807, 2.05) is 0 Å². The molecule has 0 spiro atoms. The molecule has 1 fully saturated rings. The molecular formula is C15H23ClN2O. The van der Waals surface area contributed by atoms with Crippen molar-refractivity contribution in [2.45, 2.75) is 32.9 Å². The largest absolute Gasteiger partial charge is 0.377 e. The van der Waals surface area contributed by atoms with E-state index in [1.165, 1.54) is 5.69 Å². The Morgan fingerprint density at radius 3 is 3.05 bits per heavy atom. The lowest BCUT2D eigenvalue weighted by atomic mass is 10.1. The summed E-state index contributed by atoms with van der Waals surface area (Å²) >= 11 is 6.36. The third-order valence-corrected chi connectivity index (χ3v) is 3.77. The molecule has 2 rings (SSSR count). The van der Waals surface area contributed by atoms with E-state index in [9.17, 15) is 0 Å². The second kappa shape index (κ2) is 7.13. The summed E-state index contributed by atoms with van der Waals surface area (Å²) in [5, 5.41) is 4.15. The van der Waals surface area contributed by atoms with Gasteiger partial charge in [-0.1, -0.05) is 24.6 Å². The number of hydrogen-bond donors (Lipinski definition) is 1. The lowest BCUT2D eigenvalue weighted by Crippen LogP contribution is -2.30. The van der Waals surface area contributed by atoms with Crippen LogP contribution in [0.1, 0.15) is 25.8 Å². The molecule has 1 aromatic carbocycles. The molecule has 1 heterocycles. The van der Waals surface area contributed by atoms with Gasteiger partial charge in [0.15, 0.2) is 0 Å². The van der Waals surface area contributed by atoms with Crippen LogP contribution in [0.4, 0.5) is 5.69 Å². The smallest absolute Gasteiger partial charge is 0.0721 e. The first kappa shape index (κ1) is 14.6. The lowest BCUT2D eigenvalue weighted by Gasteiger charge is -2.25. The first-order chi connectivity index (χ1) is 9.20. The third kappa shape index (κ3) is 4.10. The third-order valence-electron chi connectivity index (χ3n) is 3.42. The Morgan fingerprint density at radius 1 is 1.47 bits per heavy atom. The van der Waals surface area contributed by atoms with Gasteiger partial charge in [-0.15, -0.1) is 0 Å². The molecule has 1 saturated heterocycles. The van der Waals surface area contributed by atoms with Crippen LogP contribution in [0.5, 0.6) is 0 Å². The number of nitrogens with zero attached hydrogens (tertiary/aromatic N) is 1. The Labute approximate surface area is 120 Å². The van der Waals surface area contributed by atoms with Gasteiger partial charge in [0.2, 0.25) is 0 Å². The van der Waals surface area contributed by atoms with Gasteiger partial charge >= 0.3 is 0 Å². The highest BCUT2D eigenvalue weighted by Gasteiger charge is 2.16. The fourth-order valence-electron chi connectivity index (χ4n) is 2.36. The summed E-state index contributed by atoms with van der Waals surface area (Å²) in [5.41, 5.74) is 2.36. The van der Waals surface area contributed by atoms with E-state index in [2.05, 4.69) is 42.3 Å². The Balaban J connectivity index is 2.09. The van der Waals surface area contributed by atoms with Crippen LogP contribution in [0.15, 0.2) is 18.2 Å². The standard InChI is InChI=1S/C15H23ClN2O/c1-3-17-10-13-5-6-14(9-15(13)16)18-7-4-8-19-12(2)11-18/h5-6,9,12,17H,3-4,7-8,10-11H2,1-2H3. The lowest BCUT2D eigenvalue weighted by molar-refractivity contribution is 0.0821. The molecule has 0 radical (unpaired) electrons. The predicted octanol–water partition coefficient (Wildman–Crippen LogP) is 3.06. The molecule has 0 bridgehead atoms. The molecule has 19 heavy (non-hydrogen) atoms. The van der Waals surface area contributed by atoms with Crippen LogP contribution in [0.3, 0.4) is 0 Å². The monoisotopic (exact) mass is 282 g/mol. The molecule has 0 aliphatic carbocycles. The number of benzene rings is 1. The highest BCUT2D eigenvalue weighted by molar-refractivity contribution is 6.31. The average molecular weight is 283 g/mol. The first-order valence-corrected chi connectivity index (χ1v) is 7.44. The van der Waals surface area contributed by atoms with E-state index in [-0.39, 0.29) is 6.10 Å². The molecule has 3 nitrogen and oxygen atoms in total. The molecule has 4 heteroatoms. The maximum atomic E-state index is 6.36. The van der Waals surface area contributed by atoms with Crippen LogP contribution in [-0.2, 0) is 11.3 Å². The zero-order chi connectivity index (χ0) is 13.7. The maximum Gasteiger partial charge on any atom is 0.0721 e. The van der Waals surface area contributed by atoms with Gasteiger partial charge in [0.1, 0.15) is 0 Å². The molecule has 106 valence electrons.